The second kappa shape index (κ2) is 6.16. The molecule has 20 heavy (non-hydrogen) atoms. The predicted octanol–water partition coefficient (Wildman–Crippen LogP) is 0.742. The van der Waals surface area contributed by atoms with Gasteiger partial charge in [0.05, 0.1) is 4.90 Å². The number of thiophene rings is 1. The van der Waals surface area contributed by atoms with Crippen molar-refractivity contribution in [2.24, 2.45) is 0 Å². The van der Waals surface area contributed by atoms with E-state index in [-0.39, 0.29) is 10.7 Å². The van der Waals surface area contributed by atoms with Crippen LogP contribution in [0.15, 0.2) is 33.3 Å². The fourth-order valence-electron chi connectivity index (χ4n) is 1.44. The Labute approximate surface area is 120 Å². The van der Waals surface area contributed by atoms with Gasteiger partial charge in [0.15, 0.2) is 5.82 Å². The van der Waals surface area contributed by atoms with E-state index in [0.29, 0.717) is 6.54 Å². The highest BCUT2D eigenvalue weighted by molar-refractivity contribution is 7.92. The zero-order valence-corrected chi connectivity index (χ0v) is 12.3. The highest BCUT2D eigenvalue weighted by Gasteiger charge is 2.17. The largest absolute Gasteiger partial charge is 0.312 e. The van der Waals surface area contributed by atoms with Gasteiger partial charge < -0.3 is 5.32 Å². The van der Waals surface area contributed by atoms with Crippen LogP contribution in [0.2, 0.25) is 0 Å². The van der Waals surface area contributed by atoms with Crippen molar-refractivity contribution in [2.75, 3.05) is 11.3 Å². The number of rotatable bonds is 6. The van der Waals surface area contributed by atoms with Crippen molar-refractivity contribution in [2.45, 2.75) is 18.4 Å². The second-order valence-corrected chi connectivity index (χ2v) is 6.62. The summed E-state index contributed by atoms with van der Waals surface area (Å²) in [6.45, 7) is 3.43. The normalized spacial score (nSPS) is 11.4. The fourth-order valence-corrected chi connectivity index (χ4v) is 3.69. The van der Waals surface area contributed by atoms with Gasteiger partial charge in [0.1, 0.15) is 0 Å². The molecule has 0 amide bonds. The van der Waals surface area contributed by atoms with Crippen molar-refractivity contribution in [1.29, 1.82) is 0 Å². The monoisotopic (exact) mass is 314 g/mol. The lowest BCUT2D eigenvalue weighted by Gasteiger charge is -2.04. The lowest BCUT2D eigenvalue weighted by Crippen LogP contribution is -2.16. The highest BCUT2D eigenvalue weighted by atomic mass is 32.2. The van der Waals surface area contributed by atoms with Crippen LogP contribution in [0.5, 0.6) is 0 Å². The summed E-state index contributed by atoms with van der Waals surface area (Å²) in [7, 11) is -3.68. The van der Waals surface area contributed by atoms with Gasteiger partial charge in [-0.2, -0.15) is 5.10 Å². The Hall–Kier alpha value is -1.71. The molecule has 0 aliphatic carbocycles. The molecule has 2 aromatic rings. The first kappa shape index (κ1) is 14.7. The van der Waals surface area contributed by atoms with Crippen LogP contribution < -0.4 is 15.6 Å². The maximum atomic E-state index is 12.1. The van der Waals surface area contributed by atoms with E-state index in [1.807, 2.05) is 6.92 Å². The molecule has 2 rings (SSSR count). The van der Waals surface area contributed by atoms with E-state index < -0.39 is 15.6 Å². The molecule has 0 aliphatic rings. The average molecular weight is 314 g/mol. The summed E-state index contributed by atoms with van der Waals surface area (Å²) in [6.07, 6.45) is 0. The molecular weight excluding hydrogens is 300 g/mol. The summed E-state index contributed by atoms with van der Waals surface area (Å²) >= 11 is 1.37. The van der Waals surface area contributed by atoms with Crippen molar-refractivity contribution in [1.82, 2.24) is 15.5 Å². The zero-order valence-electron chi connectivity index (χ0n) is 10.7. The third-order valence-corrected chi connectivity index (χ3v) is 4.83. The predicted molar refractivity (Wildman–Crippen MR) is 77.4 cm³/mol. The Morgan fingerprint density at radius 3 is 2.85 bits per heavy atom. The Balaban J connectivity index is 2.15. The minimum Gasteiger partial charge on any atom is -0.312 e. The molecule has 2 aromatic heterocycles. The third kappa shape index (κ3) is 3.65. The van der Waals surface area contributed by atoms with Crippen molar-refractivity contribution < 1.29 is 8.42 Å². The summed E-state index contributed by atoms with van der Waals surface area (Å²) < 4.78 is 26.5. The standard InChI is InChI=1S/C11H14N4O3S2/c1-2-12-6-8-5-9(7-19-8)20(17,18)15-10-3-4-11(16)14-13-10/h3-5,7,12H,2,6H2,1H3,(H,13,15)(H,14,16). The zero-order chi connectivity index (χ0) is 14.6. The number of H-pyrrole nitrogens is 1. The van der Waals surface area contributed by atoms with Crippen LogP contribution >= 0.6 is 11.3 Å². The van der Waals surface area contributed by atoms with Gasteiger partial charge in [-0.25, -0.2) is 13.5 Å². The average Bonchev–Trinajstić information content (AvgIpc) is 2.88. The molecule has 0 aromatic carbocycles. The Morgan fingerprint density at radius 1 is 1.40 bits per heavy atom. The number of nitrogens with one attached hydrogen (secondary N) is 3. The van der Waals surface area contributed by atoms with Gasteiger partial charge in [0.25, 0.3) is 15.6 Å². The van der Waals surface area contributed by atoms with Crippen LogP contribution in [-0.2, 0) is 16.6 Å². The minimum atomic E-state index is -3.68. The van der Waals surface area contributed by atoms with Gasteiger partial charge >= 0.3 is 0 Å². The van der Waals surface area contributed by atoms with Crippen molar-refractivity contribution >= 4 is 27.2 Å². The summed E-state index contributed by atoms with van der Waals surface area (Å²) in [6, 6.07) is 4.12. The maximum absolute atomic E-state index is 12.1. The van der Waals surface area contributed by atoms with Gasteiger partial charge in [-0.3, -0.25) is 9.52 Å². The molecule has 9 heteroatoms. The van der Waals surface area contributed by atoms with E-state index in [0.717, 1.165) is 11.4 Å². The number of aromatic amines is 1. The van der Waals surface area contributed by atoms with Crippen LogP contribution in [-0.4, -0.2) is 25.2 Å². The number of aromatic nitrogens is 2. The number of hydrogen-bond donors (Lipinski definition) is 3. The third-order valence-electron chi connectivity index (χ3n) is 2.41. The smallest absolute Gasteiger partial charge is 0.264 e. The highest BCUT2D eigenvalue weighted by Crippen LogP contribution is 2.20. The SMILES string of the molecule is CCNCc1cc(S(=O)(=O)Nc2ccc(=O)[nH]n2)cs1. The maximum Gasteiger partial charge on any atom is 0.264 e. The topological polar surface area (TPSA) is 104 Å². The number of anilines is 1. The molecule has 0 bridgehead atoms. The lowest BCUT2D eigenvalue weighted by atomic mass is 10.4. The summed E-state index contributed by atoms with van der Waals surface area (Å²) in [5.74, 6) is 0.0732. The Bertz CT molecular complexity index is 716. The van der Waals surface area contributed by atoms with Crippen LogP contribution in [0, 0.1) is 0 Å². The van der Waals surface area contributed by atoms with E-state index in [2.05, 4.69) is 20.2 Å². The molecule has 3 N–H and O–H groups in total. The van der Waals surface area contributed by atoms with Crippen LogP contribution in [0.1, 0.15) is 11.8 Å². The van der Waals surface area contributed by atoms with Crippen molar-refractivity contribution in [3.63, 3.8) is 0 Å². The van der Waals surface area contributed by atoms with E-state index >= 15 is 0 Å². The molecule has 2 heterocycles. The molecule has 0 saturated carbocycles. The van der Waals surface area contributed by atoms with Gasteiger partial charge in [-0.1, -0.05) is 6.92 Å². The van der Waals surface area contributed by atoms with E-state index in [4.69, 9.17) is 0 Å². The number of sulfonamides is 1. The Kier molecular flexibility index (Phi) is 4.53. The molecular formula is C11H14N4O3S2. The van der Waals surface area contributed by atoms with Gasteiger partial charge in [0, 0.05) is 22.9 Å². The molecule has 0 spiro atoms. The first-order valence-corrected chi connectivity index (χ1v) is 8.24. The Morgan fingerprint density at radius 2 is 2.20 bits per heavy atom. The fraction of sp³-hybridized carbons (Fsp3) is 0.273. The molecule has 7 nitrogen and oxygen atoms in total. The van der Waals surface area contributed by atoms with Crippen molar-refractivity contribution in [3.05, 3.63) is 38.8 Å². The lowest BCUT2D eigenvalue weighted by molar-refractivity contribution is 0.601. The van der Waals surface area contributed by atoms with E-state index in [1.54, 1.807) is 11.4 Å². The molecule has 0 atom stereocenters. The summed E-state index contributed by atoms with van der Waals surface area (Å²) in [4.78, 5) is 12.0. The van der Waals surface area contributed by atoms with Crippen LogP contribution in [0.4, 0.5) is 5.82 Å². The quantitative estimate of drug-likeness (QED) is 0.729. The first-order valence-electron chi connectivity index (χ1n) is 5.88. The summed E-state index contributed by atoms with van der Waals surface area (Å²) in [5.41, 5.74) is -0.392. The van der Waals surface area contributed by atoms with E-state index in [9.17, 15) is 13.2 Å². The van der Waals surface area contributed by atoms with Crippen LogP contribution in [0.3, 0.4) is 0 Å². The summed E-state index contributed by atoms with van der Waals surface area (Å²) in [5, 5.41) is 10.5. The van der Waals surface area contributed by atoms with Crippen molar-refractivity contribution in [3.8, 4) is 0 Å². The number of nitrogens with zero attached hydrogens (tertiary/aromatic N) is 1. The van der Waals surface area contributed by atoms with Crippen LogP contribution in [0.25, 0.3) is 0 Å². The molecule has 0 saturated heterocycles. The van der Waals surface area contributed by atoms with Gasteiger partial charge in [-0.15, -0.1) is 11.3 Å². The van der Waals surface area contributed by atoms with E-state index in [1.165, 1.54) is 23.5 Å². The van der Waals surface area contributed by atoms with Gasteiger partial charge in [0.2, 0.25) is 0 Å². The molecule has 0 unspecified atom stereocenters. The first-order chi connectivity index (χ1) is 9.51. The molecule has 0 radical (unpaired) electrons. The number of hydrogen-bond acceptors (Lipinski definition) is 6. The molecule has 0 fully saturated rings. The second-order valence-electron chi connectivity index (χ2n) is 3.94. The molecule has 108 valence electrons. The minimum absolute atomic E-state index is 0.0732. The van der Waals surface area contributed by atoms with Gasteiger partial charge in [-0.05, 0) is 18.7 Å². The molecule has 0 aliphatic heterocycles.